The minimum absolute atomic E-state index is 0.541. The van der Waals surface area contributed by atoms with E-state index in [2.05, 4.69) is 60.4 Å². The maximum Gasteiger partial charge on any atom is 0.233 e. The molecule has 10 nitrogen and oxygen atoms in total. The number of hydrogen-bond donors (Lipinski definition) is 2. The monoisotopic (exact) mass is 503 g/mol. The van der Waals surface area contributed by atoms with Gasteiger partial charge in [0.15, 0.2) is 0 Å². The van der Waals surface area contributed by atoms with Crippen LogP contribution in [0.3, 0.4) is 0 Å². The van der Waals surface area contributed by atoms with Gasteiger partial charge in [-0.25, -0.2) is 4.98 Å². The van der Waals surface area contributed by atoms with E-state index in [1.54, 1.807) is 0 Å². The van der Waals surface area contributed by atoms with Crippen molar-refractivity contribution < 1.29 is 4.74 Å². The number of aromatic nitrogens is 4. The molecule has 0 aliphatic carbocycles. The second-order valence-electron chi connectivity index (χ2n) is 9.41. The van der Waals surface area contributed by atoms with E-state index in [0.717, 1.165) is 101 Å². The molecule has 0 saturated carbocycles. The van der Waals surface area contributed by atoms with Crippen molar-refractivity contribution in [3.8, 4) is 0 Å². The summed E-state index contributed by atoms with van der Waals surface area (Å²) >= 11 is 0. The summed E-state index contributed by atoms with van der Waals surface area (Å²) in [5, 5.41) is 6.68. The lowest BCUT2D eigenvalue weighted by Crippen LogP contribution is -2.50. The standard InChI is InChI=1S/C27H37N9O/c1-2-24-30-26(31-25-9-8-22(21-29-25)20-28-23-6-4-3-5-7-23)33-27(32-24)36-14-12-34(13-15-36)10-11-35-16-18-37-19-17-35/h3-9,21,28H,2,10-20H2,1H3,(H,29,30,31,32,33). The molecule has 0 atom stereocenters. The van der Waals surface area contributed by atoms with Gasteiger partial charge in [-0.15, -0.1) is 0 Å². The summed E-state index contributed by atoms with van der Waals surface area (Å²) in [6.45, 7) is 12.6. The Hall–Kier alpha value is -3.34. The first kappa shape index (κ1) is 25.3. The summed E-state index contributed by atoms with van der Waals surface area (Å²) in [7, 11) is 0. The number of morpholine rings is 1. The summed E-state index contributed by atoms with van der Waals surface area (Å²) in [5.74, 6) is 2.78. The SMILES string of the molecule is CCc1nc(Nc2ccc(CNc3ccccc3)cn2)nc(N2CCN(CCN3CCOCC3)CC2)n1. The highest BCUT2D eigenvalue weighted by molar-refractivity contribution is 5.50. The van der Waals surface area contributed by atoms with Crippen molar-refractivity contribution in [3.63, 3.8) is 0 Å². The van der Waals surface area contributed by atoms with Crippen molar-refractivity contribution in [2.75, 3.05) is 81.1 Å². The van der Waals surface area contributed by atoms with Crippen LogP contribution in [0.1, 0.15) is 18.3 Å². The van der Waals surface area contributed by atoms with E-state index in [-0.39, 0.29) is 0 Å². The zero-order valence-electron chi connectivity index (χ0n) is 21.6. The van der Waals surface area contributed by atoms with Crippen LogP contribution in [0.4, 0.5) is 23.4 Å². The van der Waals surface area contributed by atoms with Crippen molar-refractivity contribution in [2.45, 2.75) is 19.9 Å². The molecule has 5 rings (SSSR count). The smallest absolute Gasteiger partial charge is 0.233 e. The molecule has 0 amide bonds. The number of nitrogens with one attached hydrogen (secondary N) is 2. The Morgan fingerprint density at radius 2 is 1.59 bits per heavy atom. The summed E-state index contributed by atoms with van der Waals surface area (Å²) < 4.78 is 5.46. The Morgan fingerprint density at radius 1 is 0.838 bits per heavy atom. The molecule has 2 aliphatic heterocycles. The van der Waals surface area contributed by atoms with E-state index in [1.165, 1.54) is 0 Å². The van der Waals surface area contributed by atoms with Crippen molar-refractivity contribution in [2.24, 2.45) is 0 Å². The van der Waals surface area contributed by atoms with E-state index in [1.807, 2.05) is 30.5 Å². The molecule has 3 aromatic rings. The van der Waals surface area contributed by atoms with Gasteiger partial charge in [0.25, 0.3) is 0 Å². The zero-order chi connectivity index (χ0) is 25.3. The molecular weight excluding hydrogens is 466 g/mol. The van der Waals surface area contributed by atoms with E-state index in [0.29, 0.717) is 12.5 Å². The predicted octanol–water partition coefficient (Wildman–Crippen LogP) is 2.64. The molecule has 4 heterocycles. The summed E-state index contributed by atoms with van der Waals surface area (Å²) in [6.07, 6.45) is 2.62. The lowest BCUT2D eigenvalue weighted by atomic mass is 10.2. The number of benzene rings is 1. The van der Waals surface area contributed by atoms with Crippen LogP contribution in [0, 0.1) is 0 Å². The van der Waals surface area contributed by atoms with Crippen LogP contribution in [-0.2, 0) is 17.7 Å². The molecule has 2 fully saturated rings. The molecule has 2 saturated heterocycles. The van der Waals surface area contributed by atoms with Crippen LogP contribution < -0.4 is 15.5 Å². The van der Waals surface area contributed by atoms with Crippen molar-refractivity contribution >= 4 is 23.4 Å². The Morgan fingerprint density at radius 3 is 2.30 bits per heavy atom. The number of pyridine rings is 1. The highest BCUT2D eigenvalue weighted by Gasteiger charge is 2.21. The van der Waals surface area contributed by atoms with Gasteiger partial charge in [-0.1, -0.05) is 31.2 Å². The second-order valence-corrected chi connectivity index (χ2v) is 9.41. The molecular formula is C27H37N9O. The van der Waals surface area contributed by atoms with E-state index in [9.17, 15) is 0 Å². The summed E-state index contributed by atoms with van der Waals surface area (Å²) in [5.41, 5.74) is 2.19. The molecule has 10 heteroatoms. The van der Waals surface area contributed by atoms with E-state index >= 15 is 0 Å². The van der Waals surface area contributed by atoms with Crippen LogP contribution in [-0.4, -0.2) is 95.3 Å². The Kier molecular flexibility index (Phi) is 8.73. The summed E-state index contributed by atoms with van der Waals surface area (Å²) in [6, 6.07) is 14.2. The molecule has 0 spiro atoms. The third-order valence-electron chi connectivity index (χ3n) is 6.81. The van der Waals surface area contributed by atoms with Crippen LogP contribution in [0.5, 0.6) is 0 Å². The zero-order valence-corrected chi connectivity index (χ0v) is 21.6. The minimum Gasteiger partial charge on any atom is -0.381 e. The first-order valence-electron chi connectivity index (χ1n) is 13.3. The van der Waals surface area contributed by atoms with Gasteiger partial charge in [0.05, 0.1) is 13.2 Å². The lowest BCUT2D eigenvalue weighted by molar-refractivity contribution is 0.0331. The van der Waals surface area contributed by atoms with Gasteiger partial charge in [-0.3, -0.25) is 9.80 Å². The molecule has 196 valence electrons. The van der Waals surface area contributed by atoms with Gasteiger partial charge < -0.3 is 20.3 Å². The number of rotatable bonds is 10. The number of aryl methyl sites for hydroxylation is 1. The van der Waals surface area contributed by atoms with Crippen LogP contribution in [0.2, 0.25) is 0 Å². The maximum absolute atomic E-state index is 5.46. The van der Waals surface area contributed by atoms with Gasteiger partial charge in [-0.05, 0) is 23.8 Å². The quantitative estimate of drug-likeness (QED) is 0.430. The third-order valence-corrected chi connectivity index (χ3v) is 6.81. The lowest BCUT2D eigenvalue weighted by Gasteiger charge is -2.36. The molecule has 0 unspecified atom stereocenters. The van der Waals surface area contributed by atoms with E-state index in [4.69, 9.17) is 14.7 Å². The largest absolute Gasteiger partial charge is 0.381 e. The Balaban J connectivity index is 1.15. The highest BCUT2D eigenvalue weighted by Crippen LogP contribution is 2.17. The molecule has 0 radical (unpaired) electrons. The average Bonchev–Trinajstić information content (AvgIpc) is 2.97. The predicted molar refractivity (Wildman–Crippen MR) is 146 cm³/mol. The third kappa shape index (κ3) is 7.34. The number of hydrogen-bond acceptors (Lipinski definition) is 10. The van der Waals surface area contributed by atoms with Gasteiger partial charge in [-0.2, -0.15) is 15.0 Å². The highest BCUT2D eigenvalue weighted by atomic mass is 16.5. The molecule has 37 heavy (non-hydrogen) atoms. The van der Waals surface area contributed by atoms with Crippen molar-refractivity contribution in [1.29, 1.82) is 0 Å². The molecule has 0 bridgehead atoms. The molecule has 2 N–H and O–H groups in total. The molecule has 1 aromatic carbocycles. The first-order valence-corrected chi connectivity index (χ1v) is 13.3. The number of ether oxygens (including phenoxy) is 1. The fourth-order valence-corrected chi connectivity index (χ4v) is 4.52. The topological polar surface area (TPSA) is 94.6 Å². The van der Waals surface area contributed by atoms with E-state index < -0.39 is 0 Å². The number of anilines is 4. The van der Waals surface area contributed by atoms with Gasteiger partial charge in [0.2, 0.25) is 11.9 Å². The fourth-order valence-electron chi connectivity index (χ4n) is 4.52. The van der Waals surface area contributed by atoms with Crippen molar-refractivity contribution in [3.05, 3.63) is 60.0 Å². The first-order chi connectivity index (χ1) is 18.2. The number of piperazine rings is 1. The van der Waals surface area contributed by atoms with Gasteiger partial charge >= 0.3 is 0 Å². The number of nitrogens with zero attached hydrogens (tertiary/aromatic N) is 7. The molecule has 2 aliphatic rings. The second kappa shape index (κ2) is 12.8. The summed E-state index contributed by atoms with van der Waals surface area (Å²) in [4.78, 5) is 25.9. The molecule has 2 aromatic heterocycles. The van der Waals surface area contributed by atoms with Crippen molar-refractivity contribution in [1.82, 2.24) is 29.7 Å². The minimum atomic E-state index is 0.541. The van der Waals surface area contributed by atoms with Crippen LogP contribution in [0.15, 0.2) is 48.7 Å². The Bertz CT molecular complexity index is 1100. The van der Waals surface area contributed by atoms with Crippen LogP contribution >= 0.6 is 0 Å². The van der Waals surface area contributed by atoms with Gasteiger partial charge in [0, 0.05) is 77.2 Å². The van der Waals surface area contributed by atoms with Crippen LogP contribution in [0.25, 0.3) is 0 Å². The average molecular weight is 504 g/mol. The maximum atomic E-state index is 5.46. The van der Waals surface area contributed by atoms with Gasteiger partial charge in [0.1, 0.15) is 11.6 Å². The number of para-hydroxylation sites is 1. The fraction of sp³-hybridized carbons (Fsp3) is 0.481. The normalized spacial score (nSPS) is 17.1. The Labute approximate surface area is 219 Å².